The van der Waals surface area contributed by atoms with Crippen LogP contribution in [0.1, 0.15) is 35.9 Å². The highest BCUT2D eigenvalue weighted by atomic mass is 35.5. The van der Waals surface area contributed by atoms with Crippen molar-refractivity contribution in [2.24, 2.45) is 0 Å². The van der Waals surface area contributed by atoms with E-state index >= 15 is 0 Å². The minimum atomic E-state index is -0.392. The second-order valence-electron chi connectivity index (χ2n) is 8.15. The van der Waals surface area contributed by atoms with Crippen molar-refractivity contribution in [2.75, 3.05) is 17.7 Å². The summed E-state index contributed by atoms with van der Waals surface area (Å²) in [4.78, 5) is 13.5. The summed E-state index contributed by atoms with van der Waals surface area (Å²) in [6.07, 6.45) is 1.12. The number of nitrogens with one attached hydrogen (secondary N) is 2. The van der Waals surface area contributed by atoms with Crippen LogP contribution in [0, 0.1) is 0 Å². The molecule has 0 radical (unpaired) electrons. The van der Waals surface area contributed by atoms with E-state index in [0.29, 0.717) is 29.2 Å². The van der Waals surface area contributed by atoms with Crippen LogP contribution in [-0.4, -0.2) is 18.0 Å². The fraction of sp³-hybridized carbons (Fsp3) is 0.192. The number of rotatable bonds is 3. The van der Waals surface area contributed by atoms with Crippen LogP contribution < -0.4 is 15.4 Å². The first kappa shape index (κ1) is 20.5. The lowest BCUT2D eigenvalue weighted by molar-refractivity contribution is -0.116. The number of aromatic hydroxyl groups is 1. The number of allylic oxidation sites excluding steroid dienone is 1. The maximum Gasteiger partial charge on any atom is 0.163 e. The SMILES string of the molecule is COc1ccc([C@H]2Nc3ccccc3NC3=C2C(=O)C[C@@H](c2ccc(Cl)cc2)C3)cc1O. The van der Waals surface area contributed by atoms with E-state index in [1.54, 1.807) is 12.1 Å². The van der Waals surface area contributed by atoms with Crippen molar-refractivity contribution in [3.8, 4) is 11.5 Å². The van der Waals surface area contributed by atoms with Crippen LogP contribution in [0.3, 0.4) is 0 Å². The van der Waals surface area contributed by atoms with Crippen molar-refractivity contribution in [2.45, 2.75) is 24.8 Å². The monoisotopic (exact) mass is 446 g/mol. The molecule has 0 saturated carbocycles. The van der Waals surface area contributed by atoms with Gasteiger partial charge in [0.05, 0.1) is 24.5 Å². The molecule has 3 aromatic rings. The van der Waals surface area contributed by atoms with Gasteiger partial charge in [0.25, 0.3) is 0 Å². The third-order valence-corrected chi connectivity index (χ3v) is 6.44. The third-order valence-electron chi connectivity index (χ3n) is 6.19. The smallest absolute Gasteiger partial charge is 0.163 e. The summed E-state index contributed by atoms with van der Waals surface area (Å²) in [5, 5.41) is 18.1. The van der Waals surface area contributed by atoms with Crippen molar-refractivity contribution in [3.63, 3.8) is 0 Å². The van der Waals surface area contributed by atoms with Gasteiger partial charge in [0.15, 0.2) is 17.3 Å². The van der Waals surface area contributed by atoms with Crippen molar-refractivity contribution < 1.29 is 14.6 Å². The molecule has 3 N–H and O–H groups in total. The number of fused-ring (bicyclic) bond motifs is 1. The lowest BCUT2D eigenvalue weighted by Gasteiger charge is -2.30. The maximum absolute atomic E-state index is 13.5. The second-order valence-corrected chi connectivity index (χ2v) is 8.59. The fourth-order valence-corrected chi connectivity index (χ4v) is 4.73. The molecule has 0 amide bonds. The van der Waals surface area contributed by atoms with E-state index in [1.807, 2.05) is 54.6 Å². The van der Waals surface area contributed by atoms with Crippen LogP contribution in [0.5, 0.6) is 11.5 Å². The normalized spacial score (nSPS) is 19.9. The predicted octanol–water partition coefficient (Wildman–Crippen LogP) is 6.03. The Kier molecular flexibility index (Phi) is 5.27. The molecule has 0 unspecified atom stereocenters. The van der Waals surface area contributed by atoms with E-state index in [1.165, 1.54) is 7.11 Å². The van der Waals surface area contributed by atoms with Crippen LogP contribution in [0.25, 0.3) is 0 Å². The number of benzene rings is 3. The number of phenols is 1. The molecule has 162 valence electrons. The first-order valence-electron chi connectivity index (χ1n) is 10.5. The average Bonchev–Trinajstić information content (AvgIpc) is 2.96. The molecule has 0 saturated heterocycles. The summed E-state index contributed by atoms with van der Waals surface area (Å²) in [5.74, 6) is 0.593. The van der Waals surface area contributed by atoms with E-state index in [2.05, 4.69) is 10.6 Å². The van der Waals surface area contributed by atoms with Gasteiger partial charge >= 0.3 is 0 Å². The van der Waals surface area contributed by atoms with Crippen molar-refractivity contribution >= 4 is 28.8 Å². The molecule has 3 aromatic carbocycles. The minimum Gasteiger partial charge on any atom is -0.504 e. The number of Topliss-reactive ketones (excluding diaryl/α,β-unsaturated/α-hetero) is 1. The van der Waals surface area contributed by atoms with Gasteiger partial charge in [-0.25, -0.2) is 0 Å². The van der Waals surface area contributed by atoms with E-state index in [4.69, 9.17) is 16.3 Å². The van der Waals surface area contributed by atoms with Crippen molar-refractivity contribution in [1.82, 2.24) is 0 Å². The molecule has 0 fully saturated rings. The quantitative estimate of drug-likeness (QED) is 0.458. The molecule has 2 aliphatic rings. The van der Waals surface area contributed by atoms with E-state index in [0.717, 1.165) is 28.2 Å². The molecular weight excluding hydrogens is 424 g/mol. The van der Waals surface area contributed by atoms with E-state index < -0.39 is 6.04 Å². The summed E-state index contributed by atoms with van der Waals surface area (Å²) >= 11 is 6.06. The Morgan fingerprint density at radius 3 is 2.41 bits per heavy atom. The first-order valence-corrected chi connectivity index (χ1v) is 10.9. The summed E-state index contributed by atoms with van der Waals surface area (Å²) in [6.45, 7) is 0. The zero-order valence-electron chi connectivity index (χ0n) is 17.6. The molecule has 1 aliphatic carbocycles. The van der Waals surface area contributed by atoms with E-state index in [-0.39, 0.29) is 17.5 Å². The number of anilines is 2. The maximum atomic E-state index is 13.5. The zero-order chi connectivity index (χ0) is 22.2. The zero-order valence-corrected chi connectivity index (χ0v) is 18.3. The third kappa shape index (κ3) is 3.69. The highest BCUT2D eigenvalue weighted by Crippen LogP contribution is 2.45. The van der Waals surface area contributed by atoms with Gasteiger partial charge in [-0.05, 0) is 59.9 Å². The standard InChI is InChI=1S/C26H23ClN2O3/c1-32-24-11-8-16(13-22(24)30)26-25-21(28-19-4-2-3-5-20(19)29-26)12-17(14-23(25)31)15-6-9-18(27)10-7-15/h2-11,13,17,26,28-30H,12,14H2,1H3/t17-,26+/m0/s1. The van der Waals surface area contributed by atoms with E-state index in [9.17, 15) is 9.90 Å². The van der Waals surface area contributed by atoms with Crippen molar-refractivity contribution in [3.05, 3.63) is 94.1 Å². The number of ether oxygens (including phenoxy) is 1. The van der Waals surface area contributed by atoms with Crippen LogP contribution in [-0.2, 0) is 4.79 Å². The largest absolute Gasteiger partial charge is 0.504 e. The predicted molar refractivity (Wildman–Crippen MR) is 127 cm³/mol. The van der Waals surface area contributed by atoms with Crippen LogP contribution in [0.4, 0.5) is 11.4 Å². The molecule has 0 bridgehead atoms. The number of hydrogen-bond donors (Lipinski definition) is 3. The van der Waals surface area contributed by atoms with Gasteiger partial charge in [-0.1, -0.05) is 41.9 Å². The lowest BCUT2D eigenvalue weighted by Crippen LogP contribution is -2.26. The van der Waals surface area contributed by atoms with Gasteiger partial charge in [0.2, 0.25) is 0 Å². The molecule has 2 atom stereocenters. The molecule has 1 aliphatic heterocycles. The Labute approximate surface area is 191 Å². The van der Waals surface area contributed by atoms with Gasteiger partial charge in [-0.3, -0.25) is 4.79 Å². The number of carbonyl (C=O) groups is 1. The lowest BCUT2D eigenvalue weighted by atomic mass is 9.78. The summed E-state index contributed by atoms with van der Waals surface area (Å²) in [5.41, 5.74) is 5.32. The van der Waals surface area contributed by atoms with Gasteiger partial charge in [0, 0.05) is 22.7 Å². The molecule has 5 nitrogen and oxygen atoms in total. The second kappa shape index (κ2) is 8.24. The molecule has 6 heteroatoms. The molecule has 0 spiro atoms. The number of phenolic OH excluding ortho intramolecular Hbond substituents is 1. The summed E-state index contributed by atoms with van der Waals surface area (Å²) in [6, 6.07) is 20.5. The van der Waals surface area contributed by atoms with Crippen molar-refractivity contribution in [1.29, 1.82) is 0 Å². The Balaban J connectivity index is 1.60. The average molecular weight is 447 g/mol. The highest BCUT2D eigenvalue weighted by molar-refractivity contribution is 6.30. The van der Waals surface area contributed by atoms with Gasteiger partial charge < -0.3 is 20.5 Å². The van der Waals surface area contributed by atoms with Crippen LogP contribution in [0.2, 0.25) is 5.02 Å². The fourth-order valence-electron chi connectivity index (χ4n) is 4.60. The Bertz CT molecular complexity index is 1220. The number of hydrogen-bond acceptors (Lipinski definition) is 5. The number of halogens is 1. The Morgan fingerprint density at radius 2 is 1.69 bits per heavy atom. The number of carbonyl (C=O) groups excluding carboxylic acids is 1. The summed E-state index contributed by atoms with van der Waals surface area (Å²) < 4.78 is 5.20. The molecular formula is C26H23ClN2O3. The van der Waals surface area contributed by atoms with Gasteiger partial charge in [-0.2, -0.15) is 0 Å². The van der Waals surface area contributed by atoms with Crippen LogP contribution >= 0.6 is 11.6 Å². The van der Waals surface area contributed by atoms with Gasteiger partial charge in [-0.15, -0.1) is 0 Å². The highest BCUT2D eigenvalue weighted by Gasteiger charge is 2.36. The molecule has 32 heavy (non-hydrogen) atoms. The van der Waals surface area contributed by atoms with Gasteiger partial charge in [0.1, 0.15) is 0 Å². The Morgan fingerprint density at radius 1 is 0.969 bits per heavy atom. The Hall–Kier alpha value is -3.44. The van der Waals surface area contributed by atoms with Crippen LogP contribution in [0.15, 0.2) is 78.0 Å². The number of ketones is 1. The summed E-state index contributed by atoms with van der Waals surface area (Å²) in [7, 11) is 1.51. The topological polar surface area (TPSA) is 70.6 Å². The first-order chi connectivity index (χ1) is 15.5. The number of methoxy groups -OCH3 is 1. The molecule has 0 aromatic heterocycles. The number of para-hydroxylation sites is 2. The minimum absolute atomic E-state index is 0.0433. The molecule has 5 rings (SSSR count). The molecule has 1 heterocycles.